The molecule has 0 aromatic heterocycles. The Morgan fingerprint density at radius 3 is 2.23 bits per heavy atom. The molecule has 0 saturated heterocycles. The van der Waals surface area contributed by atoms with E-state index in [1.54, 1.807) is 24.3 Å². The summed E-state index contributed by atoms with van der Waals surface area (Å²) in [6, 6.07) is 13.4. The predicted octanol–water partition coefficient (Wildman–Crippen LogP) is 2.36. The third kappa shape index (κ3) is 5.48. The average Bonchev–Trinajstić information content (AvgIpc) is 2.66. The van der Waals surface area contributed by atoms with Gasteiger partial charge in [-0.05, 0) is 35.4 Å². The van der Waals surface area contributed by atoms with Crippen molar-refractivity contribution in [3.05, 3.63) is 59.7 Å². The normalized spacial score (nSPS) is 12.4. The van der Waals surface area contributed by atoms with E-state index in [1.807, 2.05) is 12.1 Å². The summed E-state index contributed by atoms with van der Waals surface area (Å²) in [5.41, 5.74) is 1.67. The van der Waals surface area contributed by atoms with Gasteiger partial charge in [-0.2, -0.15) is 12.6 Å². The zero-order chi connectivity index (χ0) is 19.2. The lowest BCUT2D eigenvalue weighted by Crippen LogP contribution is -2.27. The minimum atomic E-state index is -3.63. The molecule has 1 atom stereocenters. The first kappa shape index (κ1) is 20.3. The molecule has 0 fully saturated rings. The smallest absolute Gasteiger partial charge is 0.309 e. The summed E-state index contributed by atoms with van der Waals surface area (Å²) in [6.45, 7) is 0.133. The molecule has 0 bridgehead atoms. The molecule has 0 aliphatic heterocycles. The molecule has 26 heavy (non-hydrogen) atoms. The first-order valence-corrected chi connectivity index (χ1v) is 9.83. The zero-order valence-corrected chi connectivity index (χ0v) is 16.2. The number of ether oxygens (including phenoxy) is 2. The van der Waals surface area contributed by atoms with Crippen LogP contribution in [0.25, 0.3) is 0 Å². The summed E-state index contributed by atoms with van der Waals surface area (Å²) in [7, 11) is -0.771. The van der Waals surface area contributed by atoms with Gasteiger partial charge in [0.25, 0.3) is 0 Å². The minimum absolute atomic E-state index is 0.133. The van der Waals surface area contributed by atoms with Crippen LogP contribution in [0.4, 0.5) is 0 Å². The maximum absolute atomic E-state index is 12.3. The van der Waals surface area contributed by atoms with E-state index in [2.05, 4.69) is 22.1 Å². The first-order chi connectivity index (χ1) is 12.4. The van der Waals surface area contributed by atoms with Crippen molar-refractivity contribution in [2.75, 3.05) is 20.8 Å². The Balaban J connectivity index is 1.98. The average molecular weight is 396 g/mol. The molecule has 1 N–H and O–H groups in total. The van der Waals surface area contributed by atoms with Crippen molar-refractivity contribution in [1.29, 1.82) is 0 Å². The topological polar surface area (TPSA) is 81.7 Å². The lowest BCUT2D eigenvalue weighted by Gasteiger charge is -2.13. The standard InChI is InChI=1S/C18H21NO5S2/c1-23-15-7-9-16(10-8-15)26(21,22)19-12-17(25)14-5-3-13(4-6-14)11-18(20)24-2/h3-10,17,19,25H,11-12H2,1-2H3. The van der Waals surface area contributed by atoms with Crippen LogP contribution in [0.1, 0.15) is 16.4 Å². The van der Waals surface area contributed by atoms with Crippen molar-refractivity contribution in [2.24, 2.45) is 0 Å². The SMILES string of the molecule is COC(=O)Cc1ccc(C(S)CNS(=O)(=O)c2ccc(OC)cc2)cc1. The monoisotopic (exact) mass is 395 g/mol. The summed E-state index contributed by atoms with van der Waals surface area (Å²) >= 11 is 4.46. The van der Waals surface area contributed by atoms with Crippen LogP contribution in [-0.4, -0.2) is 35.2 Å². The quantitative estimate of drug-likeness (QED) is 0.530. The molecule has 1 unspecified atom stereocenters. The lowest BCUT2D eigenvalue weighted by molar-refractivity contribution is -0.139. The third-order valence-electron chi connectivity index (χ3n) is 3.78. The van der Waals surface area contributed by atoms with Gasteiger partial charge in [-0.1, -0.05) is 24.3 Å². The molecule has 0 radical (unpaired) electrons. The van der Waals surface area contributed by atoms with Crippen LogP contribution in [0.3, 0.4) is 0 Å². The highest BCUT2D eigenvalue weighted by atomic mass is 32.2. The minimum Gasteiger partial charge on any atom is -0.497 e. The molecule has 140 valence electrons. The summed E-state index contributed by atoms with van der Waals surface area (Å²) in [4.78, 5) is 11.4. The van der Waals surface area contributed by atoms with E-state index in [1.165, 1.54) is 26.4 Å². The second-order valence-electron chi connectivity index (χ2n) is 5.54. The molecule has 0 heterocycles. The fourth-order valence-corrected chi connectivity index (χ4v) is 3.68. The van der Waals surface area contributed by atoms with Gasteiger partial charge in [-0.3, -0.25) is 4.79 Å². The van der Waals surface area contributed by atoms with Gasteiger partial charge in [0.1, 0.15) is 5.75 Å². The maximum atomic E-state index is 12.3. The molecule has 0 saturated carbocycles. The molecule has 2 rings (SSSR count). The number of methoxy groups -OCH3 is 2. The van der Waals surface area contributed by atoms with Crippen LogP contribution in [0.5, 0.6) is 5.75 Å². The summed E-state index contributed by atoms with van der Waals surface area (Å²) in [5, 5.41) is -0.324. The molecule has 2 aromatic carbocycles. The number of nitrogens with one attached hydrogen (secondary N) is 1. The highest BCUT2D eigenvalue weighted by Crippen LogP contribution is 2.21. The number of carbonyl (C=O) groups excluding carboxylic acids is 1. The van der Waals surface area contributed by atoms with Gasteiger partial charge in [-0.15, -0.1) is 0 Å². The molecule has 6 nitrogen and oxygen atoms in total. The number of carbonyl (C=O) groups is 1. The Hall–Kier alpha value is -2.03. The van der Waals surface area contributed by atoms with E-state index in [0.29, 0.717) is 5.75 Å². The van der Waals surface area contributed by atoms with Gasteiger partial charge in [0.2, 0.25) is 10.0 Å². The summed E-state index contributed by atoms with van der Waals surface area (Å²) < 4.78 is 36.9. The van der Waals surface area contributed by atoms with Gasteiger partial charge in [0.05, 0.1) is 25.5 Å². The largest absolute Gasteiger partial charge is 0.497 e. The van der Waals surface area contributed by atoms with Crippen LogP contribution in [0, 0.1) is 0 Å². The Labute approximate surface area is 159 Å². The molecule has 0 amide bonds. The second kappa shape index (κ2) is 9.07. The molecule has 0 spiro atoms. The van der Waals surface area contributed by atoms with Crippen LogP contribution < -0.4 is 9.46 Å². The summed E-state index contributed by atoms with van der Waals surface area (Å²) in [5.74, 6) is 0.274. The van der Waals surface area contributed by atoms with Gasteiger partial charge in [0.15, 0.2) is 0 Å². The second-order valence-corrected chi connectivity index (χ2v) is 7.93. The van der Waals surface area contributed by atoms with Crippen LogP contribution in [-0.2, 0) is 26.0 Å². The third-order valence-corrected chi connectivity index (χ3v) is 5.70. The molecule has 0 aliphatic rings. The molecule has 2 aromatic rings. The Bertz CT molecular complexity index is 833. The molecular weight excluding hydrogens is 374 g/mol. The predicted molar refractivity (Wildman–Crippen MR) is 102 cm³/mol. The fraction of sp³-hybridized carbons (Fsp3) is 0.278. The number of sulfonamides is 1. The highest BCUT2D eigenvalue weighted by Gasteiger charge is 2.16. The van der Waals surface area contributed by atoms with Crippen molar-refractivity contribution in [1.82, 2.24) is 4.72 Å². The van der Waals surface area contributed by atoms with Gasteiger partial charge >= 0.3 is 5.97 Å². The van der Waals surface area contributed by atoms with Crippen molar-refractivity contribution < 1.29 is 22.7 Å². The number of hydrogen-bond acceptors (Lipinski definition) is 6. The van der Waals surface area contributed by atoms with E-state index in [9.17, 15) is 13.2 Å². The highest BCUT2D eigenvalue weighted by molar-refractivity contribution is 7.89. The van der Waals surface area contributed by atoms with Gasteiger partial charge < -0.3 is 9.47 Å². The number of esters is 1. The maximum Gasteiger partial charge on any atom is 0.309 e. The fourth-order valence-electron chi connectivity index (χ4n) is 2.24. The van der Waals surface area contributed by atoms with Crippen LogP contribution >= 0.6 is 12.6 Å². The lowest BCUT2D eigenvalue weighted by atomic mass is 10.1. The van der Waals surface area contributed by atoms with Crippen molar-refractivity contribution in [3.63, 3.8) is 0 Å². The van der Waals surface area contributed by atoms with E-state index in [-0.39, 0.29) is 29.1 Å². The van der Waals surface area contributed by atoms with Crippen molar-refractivity contribution >= 4 is 28.6 Å². The summed E-state index contributed by atoms with van der Waals surface area (Å²) in [6.07, 6.45) is 0.193. The number of benzene rings is 2. The Morgan fingerprint density at radius 1 is 1.08 bits per heavy atom. The Morgan fingerprint density at radius 2 is 1.69 bits per heavy atom. The van der Waals surface area contributed by atoms with E-state index in [4.69, 9.17) is 4.74 Å². The number of hydrogen-bond donors (Lipinski definition) is 2. The van der Waals surface area contributed by atoms with Gasteiger partial charge in [0, 0.05) is 11.8 Å². The van der Waals surface area contributed by atoms with E-state index < -0.39 is 10.0 Å². The number of rotatable bonds is 8. The molecule has 0 aliphatic carbocycles. The molecular formula is C18H21NO5S2. The Kier molecular flexibility index (Phi) is 7.07. The molecule has 8 heteroatoms. The van der Waals surface area contributed by atoms with Crippen LogP contribution in [0.2, 0.25) is 0 Å². The van der Waals surface area contributed by atoms with E-state index in [0.717, 1.165) is 11.1 Å². The van der Waals surface area contributed by atoms with Crippen molar-refractivity contribution in [3.8, 4) is 5.75 Å². The van der Waals surface area contributed by atoms with Crippen LogP contribution in [0.15, 0.2) is 53.4 Å². The first-order valence-electron chi connectivity index (χ1n) is 7.83. The van der Waals surface area contributed by atoms with Crippen molar-refractivity contribution in [2.45, 2.75) is 16.6 Å². The zero-order valence-electron chi connectivity index (χ0n) is 14.5. The van der Waals surface area contributed by atoms with E-state index >= 15 is 0 Å². The number of thiol groups is 1. The van der Waals surface area contributed by atoms with Gasteiger partial charge in [-0.25, -0.2) is 13.1 Å².